The van der Waals surface area contributed by atoms with Crippen LogP contribution in [0.5, 0.6) is 0 Å². The molecular formula is C58H110S3. The minimum Gasteiger partial charge on any atom is -0.125 e. The van der Waals surface area contributed by atoms with Crippen molar-refractivity contribution in [2.45, 2.75) is 331 Å². The molecule has 1 rings (SSSR count). The van der Waals surface area contributed by atoms with Crippen LogP contribution < -0.4 is 0 Å². The normalized spacial score (nSPS) is 11.7. The minimum atomic E-state index is 1.29. The van der Waals surface area contributed by atoms with Gasteiger partial charge in [0.15, 0.2) is 0 Å². The lowest BCUT2D eigenvalue weighted by Gasteiger charge is -2.16. The van der Waals surface area contributed by atoms with Crippen LogP contribution in [0, 0.1) is 6.92 Å². The Kier molecular flexibility index (Phi) is 48.3. The third-order valence-corrected chi connectivity index (χ3v) is 16.9. The first-order chi connectivity index (χ1) is 30.2. The highest BCUT2D eigenvalue weighted by atomic mass is 32.2. The van der Waals surface area contributed by atoms with E-state index in [1.807, 2.05) is 0 Å². The second kappa shape index (κ2) is 49.7. The second-order valence-electron chi connectivity index (χ2n) is 19.5. The Hall–Kier alpha value is 0.270. The molecule has 0 aliphatic carbocycles. The van der Waals surface area contributed by atoms with E-state index >= 15 is 0 Å². The van der Waals surface area contributed by atoms with Gasteiger partial charge < -0.3 is 0 Å². The molecule has 0 spiro atoms. The third kappa shape index (κ3) is 41.4. The van der Waals surface area contributed by atoms with Gasteiger partial charge in [-0.15, -0.1) is 35.3 Å². The summed E-state index contributed by atoms with van der Waals surface area (Å²) in [5.74, 6) is 3.87. The summed E-state index contributed by atoms with van der Waals surface area (Å²) in [4.78, 5) is 4.82. The largest absolute Gasteiger partial charge is 0.125 e. The minimum absolute atomic E-state index is 1.29. The molecule has 0 saturated heterocycles. The highest BCUT2D eigenvalue weighted by Gasteiger charge is 2.13. The van der Waals surface area contributed by atoms with Gasteiger partial charge in [-0.25, -0.2) is 0 Å². The monoisotopic (exact) mass is 903 g/mol. The van der Waals surface area contributed by atoms with Crippen molar-refractivity contribution < 1.29 is 0 Å². The van der Waals surface area contributed by atoms with Gasteiger partial charge in [-0.2, -0.15) is 0 Å². The smallest absolute Gasteiger partial charge is 0.0344 e. The van der Waals surface area contributed by atoms with E-state index in [4.69, 9.17) is 0 Å². The van der Waals surface area contributed by atoms with E-state index in [0.717, 1.165) is 0 Å². The highest BCUT2D eigenvalue weighted by Crippen LogP contribution is 2.41. The van der Waals surface area contributed by atoms with Crippen molar-refractivity contribution in [2.75, 3.05) is 17.3 Å². The number of unbranched alkanes of at least 4 members (excludes halogenated alkanes) is 42. The SMILES string of the molecule is CCCCCCCCCCCCCCCCCSc1cc(C)cc(SCCCCCCCCCCCCCCCCC)c1SCCCCCCCCCCCCCCCCC. The van der Waals surface area contributed by atoms with Crippen LogP contribution in [0.3, 0.4) is 0 Å². The maximum atomic E-state index is 2.53. The topological polar surface area (TPSA) is 0 Å². The molecule has 0 bridgehead atoms. The summed E-state index contributed by atoms with van der Waals surface area (Å²) >= 11 is 6.56. The zero-order valence-electron chi connectivity index (χ0n) is 42.3. The predicted molar refractivity (Wildman–Crippen MR) is 288 cm³/mol. The fraction of sp³-hybridized carbons (Fsp3) is 0.897. The lowest BCUT2D eigenvalue weighted by molar-refractivity contribution is 0.535. The van der Waals surface area contributed by atoms with E-state index in [0.29, 0.717) is 0 Å². The molecule has 0 aliphatic rings. The molecule has 0 aromatic heterocycles. The van der Waals surface area contributed by atoms with E-state index in [1.165, 1.54) is 312 Å². The van der Waals surface area contributed by atoms with E-state index in [2.05, 4.69) is 75.1 Å². The number of rotatable bonds is 51. The van der Waals surface area contributed by atoms with Gasteiger partial charge in [0, 0.05) is 14.7 Å². The lowest BCUT2D eigenvalue weighted by Crippen LogP contribution is -1.92. The first kappa shape index (κ1) is 59.3. The Balaban J connectivity index is 2.37. The predicted octanol–water partition coefficient (Wildman–Crippen LogP) is 22.9. The van der Waals surface area contributed by atoms with E-state index in [9.17, 15) is 0 Å². The molecule has 360 valence electrons. The first-order valence-corrected chi connectivity index (χ1v) is 31.2. The number of hydrogen-bond acceptors (Lipinski definition) is 3. The maximum absolute atomic E-state index is 2.53. The van der Waals surface area contributed by atoms with Crippen molar-refractivity contribution in [2.24, 2.45) is 0 Å². The molecule has 0 nitrogen and oxygen atoms in total. The zero-order chi connectivity index (χ0) is 43.8. The van der Waals surface area contributed by atoms with E-state index in [1.54, 1.807) is 14.7 Å². The van der Waals surface area contributed by atoms with Crippen molar-refractivity contribution in [1.82, 2.24) is 0 Å². The molecular weight excluding hydrogens is 793 g/mol. The second-order valence-corrected chi connectivity index (χ2v) is 22.9. The van der Waals surface area contributed by atoms with Gasteiger partial charge in [0.25, 0.3) is 0 Å². The number of thioether (sulfide) groups is 3. The fourth-order valence-electron chi connectivity index (χ4n) is 9.02. The molecule has 0 saturated carbocycles. The maximum Gasteiger partial charge on any atom is 0.0344 e. The lowest BCUT2D eigenvalue weighted by atomic mass is 10.0. The summed E-state index contributed by atoms with van der Waals surface area (Å²) in [5, 5.41) is 0. The summed E-state index contributed by atoms with van der Waals surface area (Å²) in [5.41, 5.74) is 1.47. The summed E-state index contributed by atoms with van der Waals surface area (Å²) in [7, 11) is 0. The van der Waals surface area contributed by atoms with Gasteiger partial charge in [-0.1, -0.05) is 290 Å². The molecule has 1 aromatic carbocycles. The standard InChI is InChI=1S/C58H110S3/c1-5-8-11-14-17-20-23-26-29-32-35-38-41-44-47-50-59-56-53-55(4)54-57(60-51-48-45-42-39-36-33-30-27-24-21-18-15-12-9-6-2)58(56)61-52-49-46-43-40-37-34-31-28-25-22-19-16-13-10-7-3/h53-54H,5-52H2,1-4H3. The molecule has 3 heteroatoms. The average Bonchev–Trinajstić information content (AvgIpc) is 3.26. The van der Waals surface area contributed by atoms with Crippen LogP contribution in [0.4, 0.5) is 0 Å². The van der Waals surface area contributed by atoms with Crippen molar-refractivity contribution in [3.05, 3.63) is 17.7 Å². The van der Waals surface area contributed by atoms with Crippen molar-refractivity contribution in [3.8, 4) is 0 Å². The molecule has 1 aromatic rings. The first-order valence-electron chi connectivity index (χ1n) is 28.3. The summed E-state index contributed by atoms with van der Waals surface area (Å²) in [6.07, 6.45) is 65.1. The Morgan fingerprint density at radius 3 is 0.639 bits per heavy atom. The summed E-state index contributed by atoms with van der Waals surface area (Å²) in [6, 6.07) is 5.06. The molecule has 0 unspecified atom stereocenters. The van der Waals surface area contributed by atoms with Gasteiger partial charge in [0.05, 0.1) is 0 Å². The Labute approximate surface area is 399 Å². The molecule has 61 heavy (non-hydrogen) atoms. The van der Waals surface area contributed by atoms with Crippen LogP contribution in [0.15, 0.2) is 26.8 Å². The van der Waals surface area contributed by atoms with Crippen molar-refractivity contribution in [3.63, 3.8) is 0 Å². The van der Waals surface area contributed by atoms with E-state index < -0.39 is 0 Å². The van der Waals surface area contributed by atoms with Gasteiger partial charge in [0.2, 0.25) is 0 Å². The van der Waals surface area contributed by atoms with Gasteiger partial charge in [0.1, 0.15) is 0 Å². The third-order valence-electron chi connectivity index (χ3n) is 13.2. The van der Waals surface area contributed by atoms with Crippen LogP contribution in [0.25, 0.3) is 0 Å². The van der Waals surface area contributed by atoms with Crippen molar-refractivity contribution in [1.29, 1.82) is 0 Å². The molecule has 0 aliphatic heterocycles. The van der Waals surface area contributed by atoms with E-state index in [-0.39, 0.29) is 0 Å². The van der Waals surface area contributed by atoms with Gasteiger partial charge >= 0.3 is 0 Å². The molecule has 0 atom stereocenters. The van der Waals surface area contributed by atoms with Crippen LogP contribution in [-0.2, 0) is 0 Å². The van der Waals surface area contributed by atoms with Crippen LogP contribution >= 0.6 is 35.3 Å². The zero-order valence-corrected chi connectivity index (χ0v) is 44.8. The Morgan fingerprint density at radius 1 is 0.246 bits per heavy atom. The molecule has 0 radical (unpaired) electrons. The molecule has 0 amide bonds. The number of aryl methyl sites for hydroxylation is 1. The van der Waals surface area contributed by atoms with Gasteiger partial charge in [-0.05, 0) is 61.1 Å². The van der Waals surface area contributed by atoms with Crippen LogP contribution in [-0.4, -0.2) is 17.3 Å². The Bertz CT molecular complexity index is 933. The summed E-state index contributed by atoms with van der Waals surface area (Å²) < 4.78 is 0. The molecule has 0 heterocycles. The number of benzene rings is 1. The Morgan fingerprint density at radius 2 is 0.426 bits per heavy atom. The fourth-order valence-corrected chi connectivity index (χ4v) is 12.9. The van der Waals surface area contributed by atoms with Crippen LogP contribution in [0.2, 0.25) is 0 Å². The van der Waals surface area contributed by atoms with Crippen molar-refractivity contribution >= 4 is 35.3 Å². The quantitative estimate of drug-likeness (QED) is 0.0472. The average molecular weight is 904 g/mol. The van der Waals surface area contributed by atoms with Gasteiger partial charge in [-0.3, -0.25) is 0 Å². The molecule has 0 N–H and O–H groups in total. The highest BCUT2D eigenvalue weighted by molar-refractivity contribution is 8.03. The van der Waals surface area contributed by atoms with Crippen LogP contribution in [0.1, 0.15) is 315 Å². The summed E-state index contributed by atoms with van der Waals surface area (Å²) in [6.45, 7) is 9.30. The number of hydrogen-bond donors (Lipinski definition) is 0. The molecule has 0 fully saturated rings.